The molecule has 1 aromatic rings. The van der Waals surface area contributed by atoms with E-state index < -0.39 is 0 Å². The fourth-order valence-corrected chi connectivity index (χ4v) is 2.07. The first-order chi connectivity index (χ1) is 7.16. The molecule has 1 saturated heterocycles. The molecular formula is C10H13BrFN3. The molecule has 0 aromatic carbocycles. The third kappa shape index (κ3) is 2.46. The molecule has 0 bridgehead atoms. The molecule has 0 aliphatic carbocycles. The van der Waals surface area contributed by atoms with Crippen LogP contribution >= 0.6 is 15.9 Å². The number of piperazine rings is 1. The van der Waals surface area contributed by atoms with E-state index in [1.54, 1.807) is 6.20 Å². The summed E-state index contributed by atoms with van der Waals surface area (Å²) in [5.41, 5.74) is 0. The van der Waals surface area contributed by atoms with E-state index >= 15 is 0 Å². The summed E-state index contributed by atoms with van der Waals surface area (Å²) in [7, 11) is 0. The molecule has 1 atom stereocenters. The van der Waals surface area contributed by atoms with Crippen LogP contribution < -0.4 is 10.2 Å². The van der Waals surface area contributed by atoms with Gasteiger partial charge < -0.3 is 10.2 Å². The number of hydrogen-bond donors (Lipinski definition) is 1. The Morgan fingerprint density at radius 2 is 2.47 bits per heavy atom. The van der Waals surface area contributed by atoms with Crippen molar-refractivity contribution in [2.24, 2.45) is 0 Å². The molecule has 1 fully saturated rings. The topological polar surface area (TPSA) is 28.2 Å². The van der Waals surface area contributed by atoms with E-state index in [1.165, 1.54) is 6.07 Å². The Morgan fingerprint density at radius 1 is 1.67 bits per heavy atom. The zero-order chi connectivity index (χ0) is 10.8. The minimum atomic E-state index is -0.265. The number of pyridine rings is 1. The molecule has 82 valence electrons. The average Bonchev–Trinajstić information content (AvgIpc) is 2.17. The number of anilines is 1. The Hall–Kier alpha value is -0.680. The van der Waals surface area contributed by atoms with Gasteiger partial charge in [0.2, 0.25) is 0 Å². The third-order valence-electron chi connectivity index (χ3n) is 2.46. The summed E-state index contributed by atoms with van der Waals surface area (Å²) in [5.74, 6) is 0.185. The fraction of sp³-hybridized carbons (Fsp3) is 0.500. The SMILES string of the molecule is CC1CN(c2ncc(Br)cc2F)CCN1. The van der Waals surface area contributed by atoms with Crippen molar-refractivity contribution in [3.63, 3.8) is 0 Å². The van der Waals surface area contributed by atoms with Crippen LogP contribution in [0.3, 0.4) is 0 Å². The van der Waals surface area contributed by atoms with Gasteiger partial charge in [0.25, 0.3) is 0 Å². The van der Waals surface area contributed by atoms with Gasteiger partial charge in [-0.05, 0) is 28.9 Å². The van der Waals surface area contributed by atoms with Crippen LogP contribution in [0.4, 0.5) is 10.2 Å². The lowest BCUT2D eigenvalue weighted by Gasteiger charge is -2.32. The van der Waals surface area contributed by atoms with E-state index in [0.29, 0.717) is 16.3 Å². The summed E-state index contributed by atoms with van der Waals surface area (Å²) in [5, 5.41) is 3.31. The summed E-state index contributed by atoms with van der Waals surface area (Å²) >= 11 is 3.20. The van der Waals surface area contributed by atoms with Crippen LogP contribution in [0, 0.1) is 5.82 Å². The second kappa shape index (κ2) is 4.45. The maximum absolute atomic E-state index is 13.6. The zero-order valence-corrected chi connectivity index (χ0v) is 10.1. The molecule has 0 saturated carbocycles. The number of rotatable bonds is 1. The molecule has 0 amide bonds. The molecule has 0 spiro atoms. The van der Waals surface area contributed by atoms with E-state index in [1.807, 2.05) is 4.90 Å². The highest BCUT2D eigenvalue weighted by Crippen LogP contribution is 2.20. The van der Waals surface area contributed by atoms with Crippen LogP contribution in [0.5, 0.6) is 0 Å². The van der Waals surface area contributed by atoms with E-state index in [9.17, 15) is 4.39 Å². The highest BCUT2D eigenvalue weighted by atomic mass is 79.9. The maximum atomic E-state index is 13.6. The number of halogens is 2. The Labute approximate surface area is 96.8 Å². The van der Waals surface area contributed by atoms with E-state index in [4.69, 9.17) is 0 Å². The van der Waals surface area contributed by atoms with Gasteiger partial charge in [-0.3, -0.25) is 0 Å². The predicted octanol–water partition coefficient (Wildman–Crippen LogP) is 1.78. The minimum absolute atomic E-state index is 0.265. The lowest BCUT2D eigenvalue weighted by atomic mass is 10.2. The van der Waals surface area contributed by atoms with Gasteiger partial charge in [-0.2, -0.15) is 0 Å². The van der Waals surface area contributed by atoms with Crippen LogP contribution in [0.25, 0.3) is 0 Å². The molecule has 2 rings (SSSR count). The molecule has 3 nitrogen and oxygen atoms in total. The second-order valence-corrected chi connectivity index (χ2v) is 4.68. The monoisotopic (exact) mass is 273 g/mol. The lowest BCUT2D eigenvalue weighted by Crippen LogP contribution is -2.49. The minimum Gasteiger partial charge on any atom is -0.351 e. The van der Waals surface area contributed by atoms with Gasteiger partial charge in [0.15, 0.2) is 11.6 Å². The normalized spacial score (nSPS) is 21.8. The smallest absolute Gasteiger partial charge is 0.166 e. The van der Waals surface area contributed by atoms with Crippen molar-refractivity contribution in [3.8, 4) is 0 Å². The van der Waals surface area contributed by atoms with Crippen molar-refractivity contribution in [1.29, 1.82) is 0 Å². The summed E-state index contributed by atoms with van der Waals surface area (Å²) in [4.78, 5) is 6.09. The zero-order valence-electron chi connectivity index (χ0n) is 8.50. The third-order valence-corrected chi connectivity index (χ3v) is 2.89. The fourth-order valence-electron chi connectivity index (χ4n) is 1.76. The van der Waals surface area contributed by atoms with Gasteiger partial charge >= 0.3 is 0 Å². The van der Waals surface area contributed by atoms with Gasteiger partial charge in [-0.1, -0.05) is 0 Å². The van der Waals surface area contributed by atoms with E-state index in [0.717, 1.165) is 19.6 Å². The van der Waals surface area contributed by atoms with Crippen molar-refractivity contribution in [2.45, 2.75) is 13.0 Å². The van der Waals surface area contributed by atoms with Crippen LogP contribution in [-0.2, 0) is 0 Å². The van der Waals surface area contributed by atoms with Crippen LogP contribution in [0.2, 0.25) is 0 Å². The molecule has 0 radical (unpaired) electrons. The van der Waals surface area contributed by atoms with Crippen molar-refractivity contribution < 1.29 is 4.39 Å². The number of nitrogens with zero attached hydrogens (tertiary/aromatic N) is 2. The van der Waals surface area contributed by atoms with Gasteiger partial charge in [-0.25, -0.2) is 9.37 Å². The lowest BCUT2D eigenvalue weighted by molar-refractivity contribution is 0.475. The Bertz CT molecular complexity index is 359. The highest BCUT2D eigenvalue weighted by molar-refractivity contribution is 9.10. The molecule has 5 heteroatoms. The molecule has 2 heterocycles. The molecular weight excluding hydrogens is 261 g/mol. The number of nitrogens with one attached hydrogen (secondary N) is 1. The molecule has 1 aromatic heterocycles. The highest BCUT2D eigenvalue weighted by Gasteiger charge is 2.19. The quantitative estimate of drug-likeness (QED) is 0.846. The first-order valence-corrected chi connectivity index (χ1v) is 5.75. The van der Waals surface area contributed by atoms with Crippen molar-refractivity contribution in [1.82, 2.24) is 10.3 Å². The summed E-state index contributed by atoms with van der Waals surface area (Å²) in [6.07, 6.45) is 1.63. The van der Waals surface area contributed by atoms with Crippen LogP contribution in [-0.4, -0.2) is 30.7 Å². The molecule has 1 aliphatic heterocycles. The van der Waals surface area contributed by atoms with Gasteiger partial charge in [0.05, 0.1) is 0 Å². The molecule has 15 heavy (non-hydrogen) atoms. The van der Waals surface area contributed by atoms with Crippen LogP contribution in [0.1, 0.15) is 6.92 Å². The first kappa shape index (κ1) is 10.8. The van der Waals surface area contributed by atoms with Gasteiger partial charge in [0, 0.05) is 36.3 Å². The number of aromatic nitrogens is 1. The molecule has 1 N–H and O–H groups in total. The standard InChI is InChI=1S/C10H13BrFN3/c1-7-6-15(3-2-13-7)10-9(12)4-8(11)5-14-10/h4-5,7,13H,2-3,6H2,1H3. The van der Waals surface area contributed by atoms with E-state index in [2.05, 4.69) is 33.2 Å². The van der Waals surface area contributed by atoms with E-state index in [-0.39, 0.29) is 5.82 Å². The molecule has 1 unspecified atom stereocenters. The van der Waals surface area contributed by atoms with Crippen molar-refractivity contribution >= 4 is 21.7 Å². The largest absolute Gasteiger partial charge is 0.351 e. The summed E-state index contributed by atoms with van der Waals surface area (Å²) in [6.45, 7) is 4.56. The Balaban J connectivity index is 2.21. The maximum Gasteiger partial charge on any atom is 0.166 e. The van der Waals surface area contributed by atoms with Crippen LogP contribution in [0.15, 0.2) is 16.7 Å². The first-order valence-electron chi connectivity index (χ1n) is 4.96. The van der Waals surface area contributed by atoms with Gasteiger partial charge in [-0.15, -0.1) is 0 Å². The second-order valence-electron chi connectivity index (χ2n) is 3.76. The summed E-state index contributed by atoms with van der Waals surface area (Å²) < 4.78 is 14.3. The Morgan fingerprint density at radius 3 is 3.13 bits per heavy atom. The Kier molecular flexibility index (Phi) is 3.21. The van der Waals surface area contributed by atoms with Crippen molar-refractivity contribution in [2.75, 3.05) is 24.5 Å². The molecule has 1 aliphatic rings. The number of hydrogen-bond acceptors (Lipinski definition) is 3. The van der Waals surface area contributed by atoms with Crippen molar-refractivity contribution in [3.05, 3.63) is 22.6 Å². The average molecular weight is 274 g/mol. The summed E-state index contributed by atoms with van der Waals surface area (Å²) in [6, 6.07) is 1.83. The predicted molar refractivity (Wildman–Crippen MR) is 61.6 cm³/mol. The van der Waals surface area contributed by atoms with Gasteiger partial charge in [0.1, 0.15) is 0 Å².